The van der Waals surface area contributed by atoms with Gasteiger partial charge in [0.15, 0.2) is 0 Å². The Labute approximate surface area is 116 Å². The molecule has 0 aliphatic carbocycles. The van der Waals surface area contributed by atoms with Crippen LogP contribution in [0.4, 0.5) is 0 Å². The van der Waals surface area contributed by atoms with E-state index in [1.165, 1.54) is 18.2 Å². The topological polar surface area (TPSA) is 86.8 Å². The van der Waals surface area contributed by atoms with E-state index >= 15 is 0 Å². The molecule has 1 amide bonds. The summed E-state index contributed by atoms with van der Waals surface area (Å²) < 4.78 is 0. The normalized spacial score (nSPS) is 16.3. The molecule has 4 N–H and O–H groups in total. The maximum absolute atomic E-state index is 12.2. The summed E-state index contributed by atoms with van der Waals surface area (Å²) in [5.74, 6) is -0.257. The fraction of sp³-hybridized carbons (Fsp3) is 0.385. The summed E-state index contributed by atoms with van der Waals surface area (Å²) in [7, 11) is 0. The highest BCUT2D eigenvalue weighted by molar-refractivity contribution is 7.80. The number of nitrogens with two attached hydrogens (primary N) is 1. The summed E-state index contributed by atoms with van der Waals surface area (Å²) in [6.45, 7) is 1.16. The number of nitrogens with zero attached hydrogens (tertiary/aromatic N) is 1. The molecular formula is C13H16N2O3S. The summed E-state index contributed by atoms with van der Waals surface area (Å²) >= 11 is 4.96. The molecule has 1 saturated heterocycles. The number of piperidine rings is 1. The number of likely N-dealkylation sites (tertiary alicyclic amines) is 1. The van der Waals surface area contributed by atoms with E-state index in [-0.39, 0.29) is 28.9 Å². The second-order valence-electron chi connectivity index (χ2n) is 4.71. The Bertz CT molecular complexity index is 490. The molecule has 1 aliphatic rings. The summed E-state index contributed by atoms with van der Waals surface area (Å²) in [6, 6.07) is 3.89. The largest absolute Gasteiger partial charge is 0.508 e. The molecule has 1 aromatic rings. The number of carbonyl (C=O) groups excluding carboxylic acids is 1. The second kappa shape index (κ2) is 5.44. The fourth-order valence-electron chi connectivity index (χ4n) is 2.27. The molecule has 1 heterocycles. The van der Waals surface area contributed by atoms with Crippen LogP contribution in [0.15, 0.2) is 18.2 Å². The molecule has 0 spiro atoms. The summed E-state index contributed by atoms with van der Waals surface area (Å²) in [4.78, 5) is 14.4. The van der Waals surface area contributed by atoms with Crippen LogP contribution in [0.5, 0.6) is 11.5 Å². The first-order valence-corrected chi connectivity index (χ1v) is 6.50. The minimum atomic E-state index is -0.201. The quantitative estimate of drug-likeness (QED) is 0.709. The van der Waals surface area contributed by atoms with Gasteiger partial charge in [0.25, 0.3) is 5.91 Å². The Morgan fingerprint density at radius 2 is 1.74 bits per heavy atom. The van der Waals surface area contributed by atoms with Gasteiger partial charge in [0.1, 0.15) is 11.5 Å². The smallest absolute Gasteiger partial charge is 0.254 e. The van der Waals surface area contributed by atoms with Crippen molar-refractivity contribution in [3.8, 4) is 11.5 Å². The van der Waals surface area contributed by atoms with Crippen molar-refractivity contribution in [3.63, 3.8) is 0 Å². The lowest BCUT2D eigenvalue weighted by atomic mass is 9.96. The molecule has 102 valence electrons. The number of aromatic hydroxyl groups is 2. The van der Waals surface area contributed by atoms with E-state index in [1.807, 2.05) is 0 Å². The van der Waals surface area contributed by atoms with E-state index in [1.54, 1.807) is 4.90 Å². The zero-order valence-corrected chi connectivity index (χ0v) is 11.2. The van der Waals surface area contributed by atoms with Crippen molar-refractivity contribution in [1.82, 2.24) is 4.90 Å². The molecule has 1 aromatic carbocycles. The average Bonchev–Trinajstić information content (AvgIpc) is 2.37. The van der Waals surface area contributed by atoms with Gasteiger partial charge in [-0.05, 0) is 25.0 Å². The van der Waals surface area contributed by atoms with Gasteiger partial charge in [0, 0.05) is 30.6 Å². The monoisotopic (exact) mass is 280 g/mol. The van der Waals surface area contributed by atoms with E-state index in [0.29, 0.717) is 18.1 Å². The Balaban J connectivity index is 2.07. The van der Waals surface area contributed by atoms with Crippen LogP contribution in [0, 0.1) is 5.92 Å². The van der Waals surface area contributed by atoms with E-state index in [0.717, 1.165) is 12.8 Å². The first-order chi connectivity index (χ1) is 8.97. The van der Waals surface area contributed by atoms with Gasteiger partial charge in [-0.15, -0.1) is 0 Å². The molecule has 1 aliphatic heterocycles. The number of phenols is 2. The molecule has 6 heteroatoms. The van der Waals surface area contributed by atoms with E-state index in [2.05, 4.69) is 0 Å². The molecule has 0 radical (unpaired) electrons. The van der Waals surface area contributed by atoms with Gasteiger partial charge in [-0.1, -0.05) is 12.2 Å². The van der Waals surface area contributed by atoms with Crippen LogP contribution in [-0.2, 0) is 0 Å². The van der Waals surface area contributed by atoms with E-state index < -0.39 is 0 Å². The highest BCUT2D eigenvalue weighted by Gasteiger charge is 2.25. The van der Waals surface area contributed by atoms with Gasteiger partial charge in [-0.3, -0.25) is 4.79 Å². The minimum Gasteiger partial charge on any atom is -0.508 e. The van der Waals surface area contributed by atoms with Crippen LogP contribution in [0.3, 0.4) is 0 Å². The van der Waals surface area contributed by atoms with Gasteiger partial charge in [0.05, 0.1) is 4.99 Å². The predicted molar refractivity (Wildman–Crippen MR) is 75.2 cm³/mol. The van der Waals surface area contributed by atoms with Gasteiger partial charge < -0.3 is 20.8 Å². The number of hydrogen-bond donors (Lipinski definition) is 3. The van der Waals surface area contributed by atoms with Gasteiger partial charge >= 0.3 is 0 Å². The molecule has 19 heavy (non-hydrogen) atoms. The predicted octanol–water partition coefficient (Wildman–Crippen LogP) is 1.24. The molecule has 0 saturated carbocycles. The molecule has 0 aromatic heterocycles. The van der Waals surface area contributed by atoms with Gasteiger partial charge in [-0.2, -0.15) is 0 Å². The summed E-state index contributed by atoms with van der Waals surface area (Å²) in [5.41, 5.74) is 5.89. The number of phenolic OH excluding ortho intramolecular Hbond substituents is 2. The number of rotatable bonds is 2. The first-order valence-electron chi connectivity index (χ1n) is 6.09. The van der Waals surface area contributed by atoms with Gasteiger partial charge in [0.2, 0.25) is 0 Å². The van der Waals surface area contributed by atoms with Crippen LogP contribution < -0.4 is 5.73 Å². The third kappa shape index (κ3) is 3.14. The van der Waals surface area contributed by atoms with Crippen molar-refractivity contribution < 1.29 is 15.0 Å². The Kier molecular flexibility index (Phi) is 3.90. The van der Waals surface area contributed by atoms with E-state index in [4.69, 9.17) is 18.0 Å². The number of amides is 1. The van der Waals surface area contributed by atoms with Crippen LogP contribution >= 0.6 is 12.2 Å². The van der Waals surface area contributed by atoms with Crippen molar-refractivity contribution in [2.75, 3.05) is 13.1 Å². The van der Waals surface area contributed by atoms with Crippen LogP contribution in [-0.4, -0.2) is 39.1 Å². The molecular weight excluding hydrogens is 264 g/mol. The number of thiocarbonyl (C=S) groups is 1. The van der Waals surface area contributed by atoms with Crippen molar-refractivity contribution in [2.45, 2.75) is 12.8 Å². The van der Waals surface area contributed by atoms with Crippen molar-refractivity contribution in [1.29, 1.82) is 0 Å². The van der Waals surface area contributed by atoms with Crippen LogP contribution in [0.2, 0.25) is 0 Å². The Morgan fingerprint density at radius 1 is 1.21 bits per heavy atom. The van der Waals surface area contributed by atoms with Crippen LogP contribution in [0.1, 0.15) is 23.2 Å². The van der Waals surface area contributed by atoms with Crippen molar-refractivity contribution in [2.24, 2.45) is 11.7 Å². The second-order valence-corrected chi connectivity index (χ2v) is 5.18. The highest BCUT2D eigenvalue weighted by Crippen LogP contribution is 2.24. The molecule has 0 bridgehead atoms. The number of benzene rings is 1. The maximum Gasteiger partial charge on any atom is 0.254 e. The fourth-order valence-corrected chi connectivity index (χ4v) is 2.50. The number of hydrogen-bond acceptors (Lipinski definition) is 4. The first kappa shape index (κ1) is 13.6. The van der Waals surface area contributed by atoms with Gasteiger partial charge in [-0.25, -0.2) is 0 Å². The highest BCUT2D eigenvalue weighted by atomic mass is 32.1. The molecule has 5 nitrogen and oxygen atoms in total. The Morgan fingerprint density at radius 3 is 2.21 bits per heavy atom. The zero-order valence-electron chi connectivity index (χ0n) is 10.4. The average molecular weight is 280 g/mol. The summed E-state index contributed by atoms with van der Waals surface area (Å²) in [5, 5.41) is 18.8. The lowest BCUT2D eigenvalue weighted by molar-refractivity contribution is 0.0709. The minimum absolute atomic E-state index is 0.124. The molecule has 1 fully saturated rings. The third-order valence-electron chi connectivity index (χ3n) is 3.33. The Hall–Kier alpha value is -1.82. The van der Waals surface area contributed by atoms with Crippen molar-refractivity contribution in [3.05, 3.63) is 23.8 Å². The summed E-state index contributed by atoms with van der Waals surface area (Å²) in [6.07, 6.45) is 1.51. The lowest BCUT2D eigenvalue weighted by Gasteiger charge is -2.31. The standard InChI is InChI=1S/C13H16N2O3S/c14-12(19)8-1-3-15(4-2-8)13(18)9-5-10(16)7-11(17)6-9/h5-8,16-17H,1-4H2,(H2,14,19). The maximum atomic E-state index is 12.2. The van der Waals surface area contributed by atoms with E-state index in [9.17, 15) is 15.0 Å². The molecule has 0 atom stereocenters. The zero-order chi connectivity index (χ0) is 14.0. The van der Waals surface area contributed by atoms with Crippen molar-refractivity contribution >= 4 is 23.1 Å². The molecule has 0 unspecified atom stereocenters. The SMILES string of the molecule is NC(=S)C1CCN(C(=O)c2cc(O)cc(O)c2)CC1. The number of carbonyl (C=O) groups is 1. The molecule has 2 rings (SSSR count). The van der Waals surface area contributed by atoms with Crippen LogP contribution in [0.25, 0.3) is 0 Å². The third-order valence-corrected chi connectivity index (χ3v) is 3.67. The lowest BCUT2D eigenvalue weighted by Crippen LogP contribution is -2.41.